The molecule has 8 heteroatoms. The van der Waals surface area contributed by atoms with Gasteiger partial charge in [0.2, 0.25) is 0 Å². The molecule has 19 heavy (non-hydrogen) atoms. The maximum atomic E-state index is 12.7. The van der Waals surface area contributed by atoms with E-state index in [-0.39, 0.29) is 24.1 Å². The smallest absolute Gasteiger partial charge is 0.356 e. The van der Waals surface area contributed by atoms with Crippen molar-refractivity contribution in [3.63, 3.8) is 0 Å². The molecule has 0 aliphatic rings. The summed E-state index contributed by atoms with van der Waals surface area (Å²) < 4.78 is 38.2. The van der Waals surface area contributed by atoms with Gasteiger partial charge in [-0.1, -0.05) is 0 Å². The first-order chi connectivity index (χ1) is 8.79. The van der Waals surface area contributed by atoms with E-state index >= 15 is 0 Å². The monoisotopic (exact) mass is 273 g/mol. The summed E-state index contributed by atoms with van der Waals surface area (Å²) in [5.41, 5.74) is 1.26. The third kappa shape index (κ3) is 3.72. The number of nitrogen functional groups attached to an aromatic ring is 1. The number of hydrazine groups is 1. The zero-order valence-corrected chi connectivity index (χ0v) is 10.5. The first-order valence-electron chi connectivity index (χ1n) is 5.45. The number of aromatic nitrogens is 1. The van der Waals surface area contributed by atoms with E-state index in [0.717, 1.165) is 12.1 Å². The van der Waals surface area contributed by atoms with Crippen molar-refractivity contribution in [3.05, 3.63) is 17.7 Å². The Morgan fingerprint density at radius 3 is 2.63 bits per heavy atom. The van der Waals surface area contributed by atoms with Crippen LogP contribution < -0.4 is 16.2 Å². The number of halogens is 3. The summed E-state index contributed by atoms with van der Waals surface area (Å²) in [5.74, 6) is 5.13. The summed E-state index contributed by atoms with van der Waals surface area (Å²) in [6.07, 6.45) is -4.30. The van der Waals surface area contributed by atoms with Gasteiger partial charge in [0.05, 0.1) is 18.1 Å². The summed E-state index contributed by atoms with van der Waals surface area (Å²) in [6, 6.07) is 3.45. The van der Waals surface area contributed by atoms with Gasteiger partial charge in [-0.3, -0.25) is 0 Å². The molecule has 0 aromatic carbocycles. The number of hydrogen-bond acceptors (Lipinski definition) is 5. The minimum absolute atomic E-state index is 0.0826. The minimum Gasteiger partial charge on any atom is -0.356 e. The molecule has 1 unspecified atom stereocenters. The van der Waals surface area contributed by atoms with Crippen LogP contribution in [0.2, 0.25) is 0 Å². The van der Waals surface area contributed by atoms with Crippen LogP contribution in [0, 0.1) is 11.3 Å². The van der Waals surface area contributed by atoms with Crippen LogP contribution in [0.3, 0.4) is 0 Å². The highest BCUT2D eigenvalue weighted by molar-refractivity contribution is 5.51. The van der Waals surface area contributed by atoms with Crippen molar-refractivity contribution < 1.29 is 13.2 Å². The van der Waals surface area contributed by atoms with E-state index < -0.39 is 11.7 Å². The minimum atomic E-state index is -4.48. The lowest BCUT2D eigenvalue weighted by Gasteiger charge is -2.25. The fraction of sp³-hybridized carbons (Fsp3) is 0.455. The molecule has 1 atom stereocenters. The zero-order chi connectivity index (χ0) is 14.6. The fourth-order valence-corrected chi connectivity index (χ4v) is 1.43. The van der Waals surface area contributed by atoms with E-state index in [0.29, 0.717) is 0 Å². The Hall–Kier alpha value is -2.01. The number of anilines is 2. The number of nitriles is 1. The zero-order valence-electron chi connectivity index (χ0n) is 10.5. The van der Waals surface area contributed by atoms with Gasteiger partial charge < -0.3 is 10.3 Å². The van der Waals surface area contributed by atoms with Crippen molar-refractivity contribution in [1.82, 2.24) is 4.98 Å². The molecule has 3 N–H and O–H groups in total. The summed E-state index contributed by atoms with van der Waals surface area (Å²) in [5, 5.41) is 8.61. The van der Waals surface area contributed by atoms with Gasteiger partial charge in [0.25, 0.3) is 0 Å². The predicted molar refractivity (Wildman–Crippen MR) is 65.1 cm³/mol. The number of rotatable bonds is 4. The molecule has 1 heterocycles. The van der Waals surface area contributed by atoms with E-state index in [2.05, 4.69) is 10.4 Å². The average Bonchev–Trinajstić information content (AvgIpc) is 2.36. The standard InChI is InChI=1S/C11H14F3N5/c1-7(3-4-15)19(2)10-6-8(11(12,13)14)5-9(17-10)18-16/h5-7H,3,16H2,1-2H3,(H,17,18). The van der Waals surface area contributed by atoms with Gasteiger partial charge in [-0.2, -0.15) is 18.4 Å². The number of pyridine rings is 1. The molecular formula is C11H14F3N5. The number of nitrogens with two attached hydrogens (primary N) is 1. The summed E-state index contributed by atoms with van der Waals surface area (Å²) in [6.45, 7) is 1.72. The maximum absolute atomic E-state index is 12.7. The van der Waals surface area contributed by atoms with E-state index in [1.807, 2.05) is 6.07 Å². The maximum Gasteiger partial charge on any atom is 0.416 e. The Morgan fingerprint density at radius 1 is 1.53 bits per heavy atom. The number of nitrogens with one attached hydrogen (secondary N) is 1. The first-order valence-corrected chi connectivity index (χ1v) is 5.45. The highest BCUT2D eigenvalue weighted by Gasteiger charge is 2.32. The lowest BCUT2D eigenvalue weighted by atomic mass is 10.2. The SMILES string of the molecule is CC(CC#N)N(C)c1cc(C(F)(F)F)cc(NN)n1. The van der Waals surface area contributed by atoms with Gasteiger partial charge in [0.15, 0.2) is 0 Å². The van der Waals surface area contributed by atoms with Crippen molar-refractivity contribution in [1.29, 1.82) is 5.26 Å². The third-order valence-corrected chi connectivity index (χ3v) is 2.70. The second kappa shape index (κ2) is 5.75. The lowest BCUT2D eigenvalue weighted by Crippen LogP contribution is -2.30. The van der Waals surface area contributed by atoms with Gasteiger partial charge in [-0.05, 0) is 19.1 Å². The van der Waals surface area contributed by atoms with Crippen LogP contribution in [-0.4, -0.2) is 18.1 Å². The Morgan fingerprint density at radius 2 is 2.16 bits per heavy atom. The van der Waals surface area contributed by atoms with Crippen LogP contribution in [-0.2, 0) is 6.18 Å². The van der Waals surface area contributed by atoms with Crippen molar-refractivity contribution in [2.45, 2.75) is 25.6 Å². The Bertz CT molecular complexity index is 480. The van der Waals surface area contributed by atoms with Gasteiger partial charge >= 0.3 is 6.18 Å². The molecule has 0 aliphatic carbocycles. The molecule has 0 spiro atoms. The molecule has 1 aromatic heterocycles. The molecule has 0 bridgehead atoms. The summed E-state index contributed by atoms with van der Waals surface area (Å²) in [7, 11) is 1.57. The molecule has 0 aliphatic heterocycles. The van der Waals surface area contributed by atoms with Crippen LogP contribution in [0.1, 0.15) is 18.9 Å². The van der Waals surface area contributed by atoms with Crippen molar-refractivity contribution >= 4 is 11.6 Å². The topological polar surface area (TPSA) is 78.0 Å². The van der Waals surface area contributed by atoms with Gasteiger partial charge in [-0.25, -0.2) is 10.8 Å². The normalized spacial score (nSPS) is 12.7. The van der Waals surface area contributed by atoms with Crippen LogP contribution in [0.25, 0.3) is 0 Å². The van der Waals surface area contributed by atoms with Crippen LogP contribution in [0.15, 0.2) is 12.1 Å². The Balaban J connectivity index is 3.17. The summed E-state index contributed by atoms with van der Waals surface area (Å²) >= 11 is 0. The molecule has 1 rings (SSSR count). The van der Waals surface area contributed by atoms with Crippen LogP contribution in [0.4, 0.5) is 24.8 Å². The molecule has 0 saturated heterocycles. The number of nitrogens with zero attached hydrogens (tertiary/aromatic N) is 3. The molecule has 0 amide bonds. The van der Waals surface area contributed by atoms with E-state index in [9.17, 15) is 13.2 Å². The number of hydrogen-bond donors (Lipinski definition) is 2. The molecule has 0 radical (unpaired) electrons. The lowest BCUT2D eigenvalue weighted by molar-refractivity contribution is -0.137. The molecule has 1 aromatic rings. The number of alkyl halides is 3. The summed E-state index contributed by atoms with van der Waals surface area (Å²) in [4.78, 5) is 5.45. The van der Waals surface area contributed by atoms with E-state index in [1.54, 1.807) is 14.0 Å². The molecule has 0 fully saturated rings. The second-order valence-corrected chi connectivity index (χ2v) is 4.06. The first kappa shape index (κ1) is 15.0. The largest absolute Gasteiger partial charge is 0.416 e. The molecule has 104 valence electrons. The third-order valence-electron chi connectivity index (χ3n) is 2.70. The molecular weight excluding hydrogens is 259 g/mol. The fourth-order valence-electron chi connectivity index (χ4n) is 1.43. The second-order valence-electron chi connectivity index (χ2n) is 4.06. The quantitative estimate of drug-likeness (QED) is 0.649. The molecule has 0 saturated carbocycles. The van der Waals surface area contributed by atoms with Crippen molar-refractivity contribution in [2.24, 2.45) is 5.84 Å². The average molecular weight is 273 g/mol. The highest BCUT2D eigenvalue weighted by Crippen LogP contribution is 2.32. The predicted octanol–water partition coefficient (Wildman–Crippen LogP) is 2.12. The van der Waals surface area contributed by atoms with E-state index in [4.69, 9.17) is 11.1 Å². The van der Waals surface area contributed by atoms with E-state index in [1.165, 1.54) is 4.90 Å². The van der Waals surface area contributed by atoms with Gasteiger partial charge in [0, 0.05) is 13.1 Å². The van der Waals surface area contributed by atoms with Crippen molar-refractivity contribution in [3.8, 4) is 6.07 Å². The van der Waals surface area contributed by atoms with Crippen molar-refractivity contribution in [2.75, 3.05) is 17.4 Å². The Kier molecular flexibility index (Phi) is 4.56. The Labute approximate surface area is 108 Å². The highest BCUT2D eigenvalue weighted by atomic mass is 19.4. The van der Waals surface area contributed by atoms with Gasteiger partial charge in [0.1, 0.15) is 11.6 Å². The van der Waals surface area contributed by atoms with Gasteiger partial charge in [-0.15, -0.1) is 0 Å². The van der Waals surface area contributed by atoms with Crippen LogP contribution >= 0.6 is 0 Å². The van der Waals surface area contributed by atoms with Crippen LogP contribution in [0.5, 0.6) is 0 Å². The molecule has 5 nitrogen and oxygen atoms in total.